The summed E-state index contributed by atoms with van der Waals surface area (Å²) in [6, 6.07) is 0. The van der Waals surface area contributed by atoms with Gasteiger partial charge in [0.2, 0.25) is 0 Å². The van der Waals surface area contributed by atoms with Gasteiger partial charge in [0, 0.05) is 6.61 Å². The van der Waals surface area contributed by atoms with E-state index >= 15 is 0 Å². The minimum atomic E-state index is -0.532. The van der Waals surface area contributed by atoms with Crippen LogP contribution in [0.15, 0.2) is 12.2 Å². The molecule has 0 aromatic heterocycles. The Balaban J connectivity index is 1.55. The van der Waals surface area contributed by atoms with Gasteiger partial charge in [-0.25, -0.2) is 0 Å². The summed E-state index contributed by atoms with van der Waals surface area (Å²) in [5.41, 5.74) is 1.65. The topological polar surface area (TPSA) is 57.5 Å². The molecule has 0 saturated heterocycles. The highest BCUT2D eigenvalue weighted by molar-refractivity contribution is 5.76. The van der Waals surface area contributed by atoms with Gasteiger partial charge in [-0.05, 0) is 128 Å². The molecule has 4 unspecified atom stereocenters. The Labute approximate surface area is 208 Å². The van der Waals surface area contributed by atoms with Crippen LogP contribution >= 0.6 is 0 Å². The van der Waals surface area contributed by atoms with E-state index in [1.54, 1.807) is 0 Å². The normalized spacial score (nSPS) is 53.7. The van der Waals surface area contributed by atoms with Crippen molar-refractivity contribution in [2.45, 2.75) is 106 Å². The fraction of sp³-hybridized carbons (Fsp3) is 0.903. The van der Waals surface area contributed by atoms with Crippen molar-refractivity contribution in [2.75, 3.05) is 6.61 Å². The zero-order chi connectivity index (χ0) is 24.9. The largest absolute Gasteiger partial charge is 0.481 e. The average molecular weight is 471 g/mol. The first-order chi connectivity index (χ1) is 15.8. The molecule has 0 spiro atoms. The van der Waals surface area contributed by atoms with E-state index in [1.807, 2.05) is 0 Å². The highest BCUT2D eigenvalue weighted by Crippen LogP contribution is 2.77. The standard InChI is InChI=1S/C31H50O3/c1-19(2)21-11-15-31(26(33)34)17-16-29(6)22(25(21)31)8-9-24-28(5)13-10-20(18-32)27(3,4)23(28)12-14-30(24,29)7/h20-25,32H,1,8-18H2,2-7H3,(H,33,34)/t20-,21+,22?,23?,24?,25?,28+,29-,30-,31+/m1/s1. The Morgan fingerprint density at radius 3 is 2.18 bits per heavy atom. The molecule has 5 aliphatic rings. The third-order valence-corrected chi connectivity index (χ3v) is 14.0. The molecule has 0 amide bonds. The third kappa shape index (κ3) is 2.83. The molecule has 0 aromatic carbocycles. The van der Waals surface area contributed by atoms with Crippen LogP contribution in [0.4, 0.5) is 0 Å². The Morgan fingerprint density at radius 2 is 1.56 bits per heavy atom. The van der Waals surface area contributed by atoms with Gasteiger partial charge in [-0.2, -0.15) is 0 Å². The number of carboxylic acid groups (broad SMARTS) is 1. The van der Waals surface area contributed by atoms with E-state index in [2.05, 4.69) is 48.1 Å². The maximum absolute atomic E-state index is 12.8. The third-order valence-electron chi connectivity index (χ3n) is 14.0. The predicted octanol–water partition coefficient (Wildman–Crippen LogP) is 7.34. The van der Waals surface area contributed by atoms with Crippen molar-refractivity contribution in [2.24, 2.45) is 62.6 Å². The molecule has 5 aliphatic carbocycles. The first-order valence-electron chi connectivity index (χ1n) is 14.3. The summed E-state index contributed by atoms with van der Waals surface area (Å²) < 4.78 is 0. The molecule has 0 bridgehead atoms. The lowest BCUT2D eigenvalue weighted by molar-refractivity contribution is -0.244. The van der Waals surface area contributed by atoms with Crippen LogP contribution in [0, 0.1) is 62.6 Å². The van der Waals surface area contributed by atoms with Gasteiger partial charge in [0.15, 0.2) is 0 Å². The van der Waals surface area contributed by atoms with Crippen molar-refractivity contribution >= 4 is 5.97 Å². The molecule has 10 atom stereocenters. The smallest absolute Gasteiger partial charge is 0.309 e. The molecule has 0 aromatic rings. The molecule has 0 heterocycles. The van der Waals surface area contributed by atoms with Crippen LogP contribution in [-0.4, -0.2) is 22.8 Å². The lowest BCUT2D eigenvalue weighted by Gasteiger charge is -2.73. The number of aliphatic carboxylic acids is 1. The van der Waals surface area contributed by atoms with E-state index in [4.69, 9.17) is 0 Å². The number of fused-ring (bicyclic) bond motifs is 7. The molecular weight excluding hydrogens is 420 g/mol. The molecule has 34 heavy (non-hydrogen) atoms. The lowest BCUT2D eigenvalue weighted by Crippen LogP contribution is -2.66. The number of carbonyl (C=O) groups is 1. The van der Waals surface area contributed by atoms with E-state index in [0.717, 1.165) is 32.1 Å². The highest BCUT2D eigenvalue weighted by atomic mass is 16.4. The summed E-state index contributed by atoms with van der Waals surface area (Å²) >= 11 is 0. The molecule has 192 valence electrons. The number of aliphatic hydroxyl groups excluding tert-OH is 1. The van der Waals surface area contributed by atoms with Crippen LogP contribution in [0.2, 0.25) is 0 Å². The predicted molar refractivity (Wildman–Crippen MR) is 137 cm³/mol. The van der Waals surface area contributed by atoms with Gasteiger partial charge in [-0.15, -0.1) is 0 Å². The lowest BCUT2D eigenvalue weighted by atomic mass is 9.32. The number of rotatable bonds is 3. The number of carboxylic acids is 1. The summed E-state index contributed by atoms with van der Waals surface area (Å²) in [6.07, 6.45) is 11.1. The Morgan fingerprint density at radius 1 is 0.853 bits per heavy atom. The number of aliphatic hydroxyl groups is 1. The maximum atomic E-state index is 12.8. The number of hydrogen-bond acceptors (Lipinski definition) is 2. The Hall–Kier alpha value is -0.830. The van der Waals surface area contributed by atoms with Crippen LogP contribution in [0.5, 0.6) is 0 Å². The van der Waals surface area contributed by atoms with Gasteiger partial charge in [-0.3, -0.25) is 4.79 Å². The fourth-order valence-electron chi connectivity index (χ4n) is 11.9. The quantitative estimate of drug-likeness (QED) is 0.424. The molecule has 5 fully saturated rings. The molecule has 3 heteroatoms. The van der Waals surface area contributed by atoms with Crippen molar-refractivity contribution in [1.29, 1.82) is 0 Å². The van der Waals surface area contributed by atoms with E-state index < -0.39 is 11.4 Å². The second-order valence-electron chi connectivity index (χ2n) is 14.9. The van der Waals surface area contributed by atoms with E-state index in [-0.39, 0.29) is 22.2 Å². The summed E-state index contributed by atoms with van der Waals surface area (Å²) in [6.45, 7) is 19.5. The van der Waals surface area contributed by atoms with Crippen molar-refractivity contribution in [1.82, 2.24) is 0 Å². The van der Waals surface area contributed by atoms with Gasteiger partial charge in [0.05, 0.1) is 5.41 Å². The minimum absolute atomic E-state index is 0.183. The molecule has 2 N–H and O–H groups in total. The Kier molecular flexibility index (Phi) is 5.55. The van der Waals surface area contributed by atoms with Gasteiger partial charge >= 0.3 is 5.97 Å². The van der Waals surface area contributed by atoms with Crippen molar-refractivity contribution in [3.05, 3.63) is 12.2 Å². The molecule has 0 radical (unpaired) electrons. The summed E-state index contributed by atoms with van der Waals surface area (Å²) in [5, 5.41) is 20.7. The van der Waals surface area contributed by atoms with Gasteiger partial charge < -0.3 is 10.2 Å². The zero-order valence-electron chi connectivity index (χ0n) is 22.8. The first kappa shape index (κ1) is 24.8. The van der Waals surface area contributed by atoms with Crippen LogP contribution in [-0.2, 0) is 4.79 Å². The number of hydrogen-bond donors (Lipinski definition) is 2. The van der Waals surface area contributed by atoms with E-state index in [0.29, 0.717) is 41.6 Å². The van der Waals surface area contributed by atoms with Crippen LogP contribution in [0.1, 0.15) is 106 Å². The molecule has 3 nitrogen and oxygen atoms in total. The molecule has 5 saturated carbocycles. The summed E-state index contributed by atoms with van der Waals surface area (Å²) in [5.74, 6) is 2.36. The summed E-state index contributed by atoms with van der Waals surface area (Å²) in [4.78, 5) is 12.8. The first-order valence-corrected chi connectivity index (χ1v) is 14.3. The zero-order valence-corrected chi connectivity index (χ0v) is 22.8. The second-order valence-corrected chi connectivity index (χ2v) is 14.9. The molecule has 5 rings (SSSR count). The SMILES string of the molecule is C=C(C)[C@@H]1CC[C@]2(C(=O)O)CC[C@]3(C)C(CCC4[C@@]5(C)CC[C@H](CO)C(C)(C)C5CC[C@]43C)C12. The fourth-order valence-corrected chi connectivity index (χ4v) is 11.9. The van der Waals surface area contributed by atoms with E-state index in [1.165, 1.54) is 37.7 Å². The molecular formula is C31H50O3. The monoisotopic (exact) mass is 470 g/mol. The second kappa shape index (κ2) is 7.59. The molecule has 0 aliphatic heterocycles. The summed E-state index contributed by atoms with van der Waals surface area (Å²) in [7, 11) is 0. The minimum Gasteiger partial charge on any atom is -0.481 e. The maximum Gasteiger partial charge on any atom is 0.309 e. The van der Waals surface area contributed by atoms with Crippen LogP contribution < -0.4 is 0 Å². The highest BCUT2D eigenvalue weighted by Gasteiger charge is 2.71. The Bertz CT molecular complexity index is 876. The van der Waals surface area contributed by atoms with Crippen molar-refractivity contribution in [3.63, 3.8) is 0 Å². The van der Waals surface area contributed by atoms with Crippen molar-refractivity contribution in [3.8, 4) is 0 Å². The number of allylic oxidation sites excluding steroid dienone is 1. The average Bonchev–Trinajstić information content (AvgIpc) is 3.15. The van der Waals surface area contributed by atoms with Gasteiger partial charge in [0.25, 0.3) is 0 Å². The van der Waals surface area contributed by atoms with Crippen LogP contribution in [0.3, 0.4) is 0 Å². The van der Waals surface area contributed by atoms with Crippen LogP contribution in [0.25, 0.3) is 0 Å². The van der Waals surface area contributed by atoms with E-state index in [9.17, 15) is 15.0 Å². The van der Waals surface area contributed by atoms with Crippen molar-refractivity contribution < 1.29 is 15.0 Å². The van der Waals surface area contributed by atoms with Gasteiger partial charge in [-0.1, -0.05) is 46.8 Å². The van der Waals surface area contributed by atoms with Gasteiger partial charge in [0.1, 0.15) is 0 Å².